The number of epoxide rings is 6. The van der Waals surface area contributed by atoms with Gasteiger partial charge in [-0.3, -0.25) is 23.7 Å². The van der Waals surface area contributed by atoms with Gasteiger partial charge >= 0.3 is 11.9 Å². The Morgan fingerprint density at radius 3 is 1.44 bits per heavy atom. The van der Waals surface area contributed by atoms with Crippen LogP contribution in [0.3, 0.4) is 0 Å². The largest absolute Gasteiger partial charge is 0.372 e. The van der Waals surface area contributed by atoms with Crippen molar-refractivity contribution in [2.45, 2.75) is 89.1 Å². The molecule has 25 heavy (non-hydrogen) atoms. The quantitative estimate of drug-likeness (QED) is 0.556. The summed E-state index contributed by atoms with van der Waals surface area (Å²) in [6.45, 7) is 10.2. The molecular weight excluding hydrogens is 328 g/mol. The molecule has 6 rings (SSSR count). The van der Waals surface area contributed by atoms with E-state index in [4.69, 9.17) is 33.2 Å². The van der Waals surface area contributed by atoms with Gasteiger partial charge in [0.05, 0.1) is 36.3 Å². The van der Waals surface area contributed by atoms with Crippen molar-refractivity contribution >= 4 is 0 Å². The number of fused-ring (bicyclic) bond motifs is 2. The normalized spacial score (nSPS) is 57.6. The fraction of sp³-hybridized carbons (Fsp3) is 1.00. The molecule has 0 radical (unpaired) electrons. The van der Waals surface area contributed by atoms with Crippen LogP contribution in [-0.2, 0) is 33.2 Å². The van der Waals surface area contributed by atoms with Gasteiger partial charge in [-0.1, -0.05) is 40.5 Å². The first-order valence-electron chi connectivity index (χ1n) is 9.61. The van der Waals surface area contributed by atoms with E-state index in [1.54, 1.807) is 0 Å². The molecule has 0 aromatic heterocycles. The van der Waals surface area contributed by atoms with Gasteiger partial charge in [-0.15, -0.1) is 0 Å². The third-order valence-electron chi connectivity index (χ3n) is 7.15. The SMILES string of the molecule is CCCC(C)(C1CO1)C12OC1(OC13OC1(C(C)(CCC)C1CO1)O3)O2. The Labute approximate surface area is 147 Å². The van der Waals surface area contributed by atoms with Crippen molar-refractivity contribution in [3.63, 3.8) is 0 Å². The first-order valence-corrected chi connectivity index (χ1v) is 9.61. The van der Waals surface area contributed by atoms with Crippen LogP contribution in [0.4, 0.5) is 0 Å². The Balaban J connectivity index is 1.19. The van der Waals surface area contributed by atoms with Crippen molar-refractivity contribution < 1.29 is 33.2 Å². The molecule has 6 heterocycles. The van der Waals surface area contributed by atoms with Crippen molar-refractivity contribution in [2.24, 2.45) is 10.8 Å². The van der Waals surface area contributed by atoms with Gasteiger partial charge in [0, 0.05) is 0 Å². The molecule has 6 saturated heterocycles. The minimum absolute atomic E-state index is 0.174. The molecule has 7 heteroatoms. The highest BCUT2D eigenvalue weighted by atomic mass is 17.2. The smallest absolute Gasteiger partial charge is 0.351 e. The van der Waals surface area contributed by atoms with Crippen LogP contribution in [0.5, 0.6) is 0 Å². The van der Waals surface area contributed by atoms with Gasteiger partial charge in [0.1, 0.15) is 0 Å². The maximum Gasteiger partial charge on any atom is 0.351 e. The standard InChI is InChI=1S/C18H26O7/c1-5-7-13(3,11-9-19-11)15-17(21-15,22-15)25-18-16(23-18,24-18)14(4,8-6-2)12-10-20-12/h11-12H,5-10H2,1-4H3. The maximum atomic E-state index is 6.14. The van der Waals surface area contributed by atoms with Gasteiger partial charge in [-0.25, -0.2) is 0 Å². The molecule has 6 aliphatic heterocycles. The molecule has 4 unspecified atom stereocenters. The molecule has 6 aliphatic rings. The number of hydrogen-bond acceptors (Lipinski definition) is 7. The highest BCUT2D eigenvalue weighted by molar-refractivity contribution is 5.29. The molecular formula is C18H26O7. The van der Waals surface area contributed by atoms with Crippen molar-refractivity contribution in [1.82, 2.24) is 0 Å². The summed E-state index contributed by atoms with van der Waals surface area (Å²) in [6.07, 6.45) is 4.35. The molecule has 4 atom stereocenters. The van der Waals surface area contributed by atoms with E-state index in [1.165, 1.54) is 0 Å². The van der Waals surface area contributed by atoms with Gasteiger partial charge in [0.2, 0.25) is 0 Å². The average molecular weight is 354 g/mol. The lowest BCUT2D eigenvalue weighted by atomic mass is 9.78. The van der Waals surface area contributed by atoms with Crippen LogP contribution < -0.4 is 0 Å². The summed E-state index contributed by atoms with van der Waals surface area (Å²) in [4.78, 5) is 0. The number of hydrogen-bond donors (Lipinski definition) is 0. The molecule has 7 nitrogen and oxygen atoms in total. The lowest BCUT2D eigenvalue weighted by molar-refractivity contribution is -0.313. The third kappa shape index (κ3) is 1.60. The Bertz CT molecular complexity index is 575. The van der Waals surface area contributed by atoms with Gasteiger partial charge in [0.25, 0.3) is 11.6 Å². The van der Waals surface area contributed by atoms with Gasteiger partial charge in [0.15, 0.2) is 0 Å². The summed E-state index contributed by atoms with van der Waals surface area (Å²) < 4.78 is 41.0. The topological polar surface area (TPSA) is 84.4 Å². The van der Waals surface area contributed by atoms with Crippen molar-refractivity contribution in [2.75, 3.05) is 13.2 Å². The van der Waals surface area contributed by atoms with E-state index >= 15 is 0 Å². The second-order valence-electron chi connectivity index (χ2n) is 8.83. The van der Waals surface area contributed by atoms with E-state index in [0.717, 1.165) is 38.9 Å². The van der Waals surface area contributed by atoms with Crippen molar-refractivity contribution in [3.05, 3.63) is 0 Å². The first kappa shape index (κ1) is 15.7. The second-order valence-corrected chi connectivity index (χ2v) is 8.83. The molecule has 6 fully saturated rings. The van der Waals surface area contributed by atoms with E-state index < -0.39 is 23.5 Å². The fourth-order valence-electron chi connectivity index (χ4n) is 5.18. The first-order chi connectivity index (χ1) is 11.9. The molecule has 0 aromatic rings. The third-order valence-corrected chi connectivity index (χ3v) is 7.15. The lowest BCUT2D eigenvalue weighted by Gasteiger charge is -2.25. The summed E-state index contributed by atoms with van der Waals surface area (Å²) in [7, 11) is 0. The zero-order valence-electron chi connectivity index (χ0n) is 15.3. The van der Waals surface area contributed by atoms with Crippen LogP contribution in [0.25, 0.3) is 0 Å². The fourth-order valence-corrected chi connectivity index (χ4v) is 5.18. The molecule has 0 bridgehead atoms. The summed E-state index contributed by atoms with van der Waals surface area (Å²) in [5.41, 5.74) is -0.395. The molecule has 0 amide bonds. The Morgan fingerprint density at radius 2 is 1.16 bits per heavy atom. The molecule has 0 aromatic carbocycles. The second kappa shape index (κ2) is 4.09. The molecule has 0 saturated carbocycles. The molecule has 0 N–H and O–H groups in total. The molecule has 140 valence electrons. The zero-order chi connectivity index (χ0) is 17.3. The van der Waals surface area contributed by atoms with E-state index in [0.29, 0.717) is 0 Å². The summed E-state index contributed by atoms with van der Waals surface area (Å²) in [5.74, 6) is -3.43. The molecule has 0 spiro atoms. The Hall–Kier alpha value is -0.280. The number of rotatable bonds is 10. The maximum absolute atomic E-state index is 6.14. The Kier molecular flexibility index (Phi) is 2.58. The minimum atomic E-state index is -1.02. The van der Waals surface area contributed by atoms with Crippen LogP contribution in [0, 0.1) is 10.8 Å². The number of ether oxygens (including phenoxy) is 7. The van der Waals surface area contributed by atoms with E-state index in [1.807, 2.05) is 0 Å². The molecule has 0 aliphatic carbocycles. The van der Waals surface area contributed by atoms with Crippen LogP contribution in [0.2, 0.25) is 0 Å². The average Bonchev–Trinajstić information content (AvgIpc) is 3.35. The highest BCUT2D eigenvalue weighted by Crippen LogP contribution is 2.85. The summed E-state index contributed by atoms with van der Waals surface area (Å²) in [5, 5.41) is 0. The predicted octanol–water partition coefficient (Wildman–Crippen LogP) is 2.23. The van der Waals surface area contributed by atoms with E-state index in [-0.39, 0.29) is 23.0 Å². The Morgan fingerprint density at radius 1 is 0.800 bits per heavy atom. The van der Waals surface area contributed by atoms with Gasteiger partial charge < -0.3 is 9.47 Å². The lowest BCUT2D eigenvalue weighted by Crippen LogP contribution is -2.35. The van der Waals surface area contributed by atoms with Gasteiger partial charge in [-0.05, 0) is 12.8 Å². The van der Waals surface area contributed by atoms with Crippen LogP contribution >= 0.6 is 0 Å². The predicted molar refractivity (Wildman–Crippen MR) is 81.9 cm³/mol. The van der Waals surface area contributed by atoms with Crippen LogP contribution in [0.15, 0.2) is 0 Å². The van der Waals surface area contributed by atoms with E-state index in [9.17, 15) is 0 Å². The monoisotopic (exact) mass is 354 g/mol. The van der Waals surface area contributed by atoms with Crippen molar-refractivity contribution in [1.29, 1.82) is 0 Å². The summed E-state index contributed by atoms with van der Waals surface area (Å²) in [6, 6.07) is 0. The van der Waals surface area contributed by atoms with E-state index in [2.05, 4.69) is 27.7 Å². The van der Waals surface area contributed by atoms with Crippen molar-refractivity contribution in [3.8, 4) is 0 Å². The van der Waals surface area contributed by atoms with Crippen LogP contribution in [-0.4, -0.2) is 48.9 Å². The zero-order valence-corrected chi connectivity index (χ0v) is 15.3. The summed E-state index contributed by atoms with van der Waals surface area (Å²) >= 11 is 0. The minimum Gasteiger partial charge on any atom is -0.372 e. The van der Waals surface area contributed by atoms with Gasteiger partial charge in [-0.2, -0.15) is 0 Å². The van der Waals surface area contributed by atoms with Crippen LogP contribution in [0.1, 0.15) is 53.4 Å². The highest BCUT2D eigenvalue weighted by Gasteiger charge is 3.08.